The minimum Gasteiger partial charge on any atom is -0.493 e. The number of para-hydroxylation sites is 2. The first-order valence-corrected chi connectivity index (χ1v) is 5.80. The summed E-state index contributed by atoms with van der Waals surface area (Å²) >= 11 is 0. The van der Waals surface area contributed by atoms with Crippen LogP contribution in [0.15, 0.2) is 36.4 Å². The minimum atomic E-state index is -0.275. The number of benzene rings is 1. The second-order valence-corrected chi connectivity index (χ2v) is 3.50. The van der Waals surface area contributed by atoms with E-state index in [0.29, 0.717) is 18.1 Å². The molecule has 0 saturated carbocycles. The topological polar surface area (TPSA) is 44.8 Å². The highest BCUT2D eigenvalue weighted by Crippen LogP contribution is 2.25. The van der Waals surface area contributed by atoms with Crippen LogP contribution >= 0.6 is 0 Å². The number of hydrogen-bond donors (Lipinski definition) is 0. The fraction of sp³-hybridized carbons (Fsp3) is 0.357. The summed E-state index contributed by atoms with van der Waals surface area (Å²) in [5.74, 6) is 1.00. The van der Waals surface area contributed by atoms with E-state index >= 15 is 0 Å². The predicted octanol–water partition coefficient (Wildman–Crippen LogP) is 2.58. The third kappa shape index (κ3) is 4.91. The lowest BCUT2D eigenvalue weighted by Gasteiger charge is -2.09. The van der Waals surface area contributed by atoms with Gasteiger partial charge in [-0.15, -0.1) is 0 Å². The van der Waals surface area contributed by atoms with Crippen molar-refractivity contribution < 1.29 is 19.0 Å². The largest absolute Gasteiger partial charge is 0.493 e. The first kappa shape index (κ1) is 14.1. The van der Waals surface area contributed by atoms with Gasteiger partial charge in [0.1, 0.15) is 6.61 Å². The summed E-state index contributed by atoms with van der Waals surface area (Å²) in [5.41, 5.74) is 0. The van der Waals surface area contributed by atoms with E-state index in [1.54, 1.807) is 25.3 Å². The van der Waals surface area contributed by atoms with Gasteiger partial charge in [-0.25, -0.2) is 0 Å². The van der Waals surface area contributed by atoms with Crippen molar-refractivity contribution in [2.75, 3.05) is 20.3 Å². The van der Waals surface area contributed by atoms with Crippen LogP contribution < -0.4 is 9.47 Å². The molecule has 0 aliphatic rings. The van der Waals surface area contributed by atoms with E-state index in [4.69, 9.17) is 14.2 Å². The van der Waals surface area contributed by atoms with E-state index in [2.05, 4.69) is 0 Å². The average molecular weight is 250 g/mol. The first-order valence-electron chi connectivity index (χ1n) is 5.80. The van der Waals surface area contributed by atoms with Gasteiger partial charge in [0.2, 0.25) is 0 Å². The van der Waals surface area contributed by atoms with E-state index in [0.717, 1.165) is 0 Å². The van der Waals surface area contributed by atoms with Gasteiger partial charge >= 0.3 is 5.97 Å². The molecule has 0 unspecified atom stereocenters. The van der Waals surface area contributed by atoms with Gasteiger partial charge in [-0.1, -0.05) is 24.3 Å². The van der Waals surface area contributed by atoms with Gasteiger partial charge in [-0.3, -0.25) is 4.79 Å². The fourth-order valence-corrected chi connectivity index (χ4v) is 1.29. The Bertz CT molecular complexity index is 399. The normalized spacial score (nSPS) is 10.3. The first-order chi connectivity index (χ1) is 8.77. The van der Waals surface area contributed by atoms with E-state index in [1.165, 1.54) is 0 Å². The standard InChI is InChI=1S/C14H18O4/c1-3-4-10-18-14(15)9-11-17-13-8-6-5-7-12(13)16-2/h3-8H,9-11H2,1-2H3/b4-3+. The molecule has 0 heterocycles. The molecule has 0 bridgehead atoms. The Morgan fingerprint density at radius 1 is 1.28 bits per heavy atom. The number of ether oxygens (including phenoxy) is 3. The van der Waals surface area contributed by atoms with Crippen molar-refractivity contribution in [1.29, 1.82) is 0 Å². The van der Waals surface area contributed by atoms with Crippen LogP contribution in [-0.2, 0) is 9.53 Å². The van der Waals surface area contributed by atoms with Gasteiger partial charge in [-0.2, -0.15) is 0 Å². The number of methoxy groups -OCH3 is 1. The molecule has 1 aromatic carbocycles. The minimum absolute atomic E-state index is 0.218. The molecule has 0 atom stereocenters. The quantitative estimate of drug-likeness (QED) is 0.551. The fourth-order valence-electron chi connectivity index (χ4n) is 1.29. The summed E-state index contributed by atoms with van der Waals surface area (Å²) in [6.45, 7) is 2.46. The van der Waals surface area contributed by atoms with Crippen molar-refractivity contribution in [2.45, 2.75) is 13.3 Å². The van der Waals surface area contributed by atoms with Crippen LogP contribution in [0.4, 0.5) is 0 Å². The van der Waals surface area contributed by atoms with Gasteiger partial charge < -0.3 is 14.2 Å². The lowest BCUT2D eigenvalue weighted by molar-refractivity contribution is -0.142. The maximum Gasteiger partial charge on any atom is 0.309 e. The molecule has 98 valence electrons. The van der Waals surface area contributed by atoms with Crippen LogP contribution in [0, 0.1) is 0 Å². The second-order valence-electron chi connectivity index (χ2n) is 3.50. The number of allylic oxidation sites excluding steroid dienone is 1. The molecule has 4 nitrogen and oxygen atoms in total. The van der Waals surface area contributed by atoms with Crippen LogP contribution in [-0.4, -0.2) is 26.3 Å². The maximum atomic E-state index is 11.3. The molecular weight excluding hydrogens is 232 g/mol. The van der Waals surface area contributed by atoms with Crippen molar-refractivity contribution in [3.8, 4) is 11.5 Å². The van der Waals surface area contributed by atoms with E-state index < -0.39 is 0 Å². The van der Waals surface area contributed by atoms with Crippen molar-refractivity contribution in [2.24, 2.45) is 0 Å². The van der Waals surface area contributed by atoms with Crippen LogP contribution in [0.2, 0.25) is 0 Å². The Morgan fingerprint density at radius 3 is 2.67 bits per heavy atom. The van der Waals surface area contributed by atoms with Crippen molar-refractivity contribution in [3.63, 3.8) is 0 Å². The van der Waals surface area contributed by atoms with Gasteiger partial charge in [-0.05, 0) is 19.1 Å². The van der Waals surface area contributed by atoms with Gasteiger partial charge in [0.25, 0.3) is 0 Å². The molecule has 0 radical (unpaired) electrons. The smallest absolute Gasteiger partial charge is 0.309 e. The zero-order valence-corrected chi connectivity index (χ0v) is 10.7. The lowest BCUT2D eigenvalue weighted by Crippen LogP contribution is -2.10. The number of carbonyl (C=O) groups is 1. The molecule has 18 heavy (non-hydrogen) atoms. The van der Waals surface area contributed by atoms with Crippen molar-refractivity contribution in [1.82, 2.24) is 0 Å². The third-order valence-electron chi connectivity index (χ3n) is 2.21. The van der Waals surface area contributed by atoms with Gasteiger partial charge in [0.05, 0.1) is 20.1 Å². The molecule has 1 rings (SSSR count). The van der Waals surface area contributed by atoms with E-state index in [1.807, 2.05) is 25.1 Å². The van der Waals surface area contributed by atoms with Crippen LogP contribution in [0.5, 0.6) is 11.5 Å². The molecule has 0 aromatic heterocycles. The van der Waals surface area contributed by atoms with Crippen molar-refractivity contribution in [3.05, 3.63) is 36.4 Å². The molecule has 0 amide bonds. The third-order valence-corrected chi connectivity index (χ3v) is 2.21. The average Bonchev–Trinajstić information content (AvgIpc) is 2.39. The molecule has 4 heteroatoms. The van der Waals surface area contributed by atoms with Crippen LogP contribution in [0.25, 0.3) is 0 Å². The highest BCUT2D eigenvalue weighted by molar-refractivity contribution is 5.69. The molecule has 0 N–H and O–H groups in total. The van der Waals surface area contributed by atoms with E-state index in [9.17, 15) is 4.79 Å². The lowest BCUT2D eigenvalue weighted by atomic mass is 10.3. The summed E-state index contributed by atoms with van der Waals surface area (Å²) in [7, 11) is 1.58. The Labute approximate surface area is 107 Å². The van der Waals surface area contributed by atoms with Gasteiger partial charge in [0, 0.05) is 0 Å². The molecule has 0 aliphatic carbocycles. The predicted molar refractivity (Wildman–Crippen MR) is 68.9 cm³/mol. The summed E-state index contributed by atoms with van der Waals surface area (Å²) < 4.78 is 15.5. The Hall–Kier alpha value is -1.97. The van der Waals surface area contributed by atoms with Crippen molar-refractivity contribution >= 4 is 5.97 Å². The number of rotatable bonds is 7. The van der Waals surface area contributed by atoms with Crippen LogP contribution in [0.3, 0.4) is 0 Å². The molecule has 0 fully saturated rings. The monoisotopic (exact) mass is 250 g/mol. The summed E-state index contributed by atoms with van der Waals surface area (Å²) in [5, 5.41) is 0. The maximum absolute atomic E-state index is 11.3. The highest BCUT2D eigenvalue weighted by Gasteiger charge is 2.05. The summed E-state index contributed by atoms with van der Waals surface area (Å²) in [4.78, 5) is 11.3. The molecule has 0 aliphatic heterocycles. The molecule has 0 spiro atoms. The van der Waals surface area contributed by atoms with Crippen LogP contribution in [0.1, 0.15) is 13.3 Å². The second kappa shape index (κ2) is 8.17. The molecule has 0 saturated heterocycles. The number of hydrogen-bond acceptors (Lipinski definition) is 4. The molecule has 1 aromatic rings. The van der Waals surface area contributed by atoms with E-state index in [-0.39, 0.29) is 19.0 Å². The molecular formula is C14H18O4. The number of esters is 1. The zero-order chi connectivity index (χ0) is 13.2. The Kier molecular flexibility index (Phi) is 6.40. The highest BCUT2D eigenvalue weighted by atomic mass is 16.5. The summed E-state index contributed by atoms with van der Waals surface area (Å²) in [6, 6.07) is 7.31. The SMILES string of the molecule is C/C=C/COC(=O)CCOc1ccccc1OC. The van der Waals surface area contributed by atoms with Gasteiger partial charge in [0.15, 0.2) is 11.5 Å². The number of carbonyl (C=O) groups excluding carboxylic acids is 1. The zero-order valence-electron chi connectivity index (χ0n) is 10.7. The Balaban J connectivity index is 2.30. The summed E-state index contributed by atoms with van der Waals surface area (Å²) in [6.07, 6.45) is 3.83. The Morgan fingerprint density at radius 2 is 2.00 bits per heavy atom.